The Bertz CT molecular complexity index is 673. The number of amides is 1. The number of carbonyl (C=O) groups is 2. The molecule has 1 amide bonds. The average molecular weight is 355 g/mol. The van der Waals surface area contributed by atoms with Crippen LogP contribution in [0.1, 0.15) is 18.1 Å². The second kappa shape index (κ2) is 11.1. The van der Waals surface area contributed by atoms with E-state index in [1.54, 1.807) is 6.92 Å². The molecule has 138 valence electrons. The van der Waals surface area contributed by atoms with Crippen LogP contribution in [0.5, 0.6) is 0 Å². The standard InChI is InChI=1S/C21H25NO4/c1-2-26-20(23)14-22-21(24)19(13-17-9-5-3-6-10-17)16-25-15-18-11-7-4-8-12-18/h3-12,19H,2,13-16H2,1H3,(H,22,24)/t19-/m0/s1. The number of hydrogen-bond acceptors (Lipinski definition) is 4. The molecule has 5 nitrogen and oxygen atoms in total. The number of ether oxygens (including phenoxy) is 2. The second-order valence-corrected chi connectivity index (χ2v) is 5.91. The van der Waals surface area contributed by atoms with Crippen molar-refractivity contribution in [2.45, 2.75) is 20.0 Å². The van der Waals surface area contributed by atoms with Crippen LogP contribution in [-0.2, 0) is 32.1 Å². The van der Waals surface area contributed by atoms with Crippen molar-refractivity contribution >= 4 is 11.9 Å². The zero-order chi connectivity index (χ0) is 18.6. The third-order valence-corrected chi connectivity index (χ3v) is 3.84. The highest BCUT2D eigenvalue weighted by molar-refractivity contribution is 5.83. The fourth-order valence-corrected chi connectivity index (χ4v) is 2.53. The minimum atomic E-state index is -0.440. The van der Waals surface area contributed by atoms with Crippen LogP contribution in [0.4, 0.5) is 0 Å². The SMILES string of the molecule is CCOC(=O)CNC(=O)[C@H](COCc1ccccc1)Cc1ccccc1. The molecule has 2 rings (SSSR count). The first-order valence-electron chi connectivity index (χ1n) is 8.78. The fraction of sp³-hybridized carbons (Fsp3) is 0.333. The summed E-state index contributed by atoms with van der Waals surface area (Å²) < 4.78 is 10.6. The van der Waals surface area contributed by atoms with Crippen molar-refractivity contribution in [3.63, 3.8) is 0 Å². The lowest BCUT2D eigenvalue weighted by atomic mass is 9.99. The van der Waals surface area contributed by atoms with Crippen molar-refractivity contribution in [2.24, 2.45) is 5.92 Å². The molecule has 2 aromatic carbocycles. The van der Waals surface area contributed by atoms with Crippen molar-refractivity contribution in [3.05, 3.63) is 71.8 Å². The summed E-state index contributed by atoms with van der Waals surface area (Å²) in [5.41, 5.74) is 2.10. The van der Waals surface area contributed by atoms with E-state index in [4.69, 9.17) is 9.47 Å². The van der Waals surface area contributed by atoms with Gasteiger partial charge in [0.25, 0.3) is 0 Å². The van der Waals surface area contributed by atoms with E-state index in [-0.39, 0.29) is 25.0 Å². The summed E-state index contributed by atoms with van der Waals surface area (Å²) in [5, 5.41) is 2.64. The molecule has 1 atom stereocenters. The van der Waals surface area contributed by atoms with Gasteiger partial charge in [0.05, 0.1) is 25.7 Å². The highest BCUT2D eigenvalue weighted by atomic mass is 16.5. The van der Waals surface area contributed by atoms with Gasteiger partial charge < -0.3 is 14.8 Å². The Balaban J connectivity index is 1.91. The Hall–Kier alpha value is -2.66. The first-order valence-corrected chi connectivity index (χ1v) is 8.78. The summed E-state index contributed by atoms with van der Waals surface area (Å²) in [7, 11) is 0. The molecule has 0 aliphatic rings. The Labute approximate surface area is 154 Å². The maximum Gasteiger partial charge on any atom is 0.325 e. The van der Waals surface area contributed by atoms with Gasteiger partial charge in [-0.3, -0.25) is 9.59 Å². The molecule has 0 fully saturated rings. The van der Waals surface area contributed by atoms with Gasteiger partial charge in [-0.25, -0.2) is 0 Å². The van der Waals surface area contributed by atoms with Gasteiger partial charge in [-0.15, -0.1) is 0 Å². The first kappa shape index (κ1) is 19.7. The molecule has 5 heteroatoms. The number of hydrogen-bond donors (Lipinski definition) is 1. The molecule has 0 heterocycles. The third-order valence-electron chi connectivity index (χ3n) is 3.84. The summed E-state index contributed by atoms with van der Waals surface area (Å²) in [6.45, 7) is 2.62. The Kier molecular flexibility index (Phi) is 8.36. The van der Waals surface area contributed by atoms with Crippen LogP contribution < -0.4 is 5.32 Å². The number of carbonyl (C=O) groups excluding carboxylic acids is 2. The van der Waals surface area contributed by atoms with Crippen LogP contribution in [0.2, 0.25) is 0 Å². The van der Waals surface area contributed by atoms with Gasteiger partial charge in [-0.1, -0.05) is 60.7 Å². The Morgan fingerprint density at radius 3 is 2.19 bits per heavy atom. The van der Waals surface area contributed by atoms with Crippen molar-refractivity contribution in [2.75, 3.05) is 19.8 Å². The normalized spacial score (nSPS) is 11.6. The van der Waals surface area contributed by atoms with Gasteiger partial charge in [0.2, 0.25) is 5.91 Å². The van der Waals surface area contributed by atoms with E-state index in [1.165, 1.54) is 0 Å². The van der Waals surface area contributed by atoms with Gasteiger partial charge in [-0.05, 0) is 24.5 Å². The van der Waals surface area contributed by atoms with Crippen LogP contribution >= 0.6 is 0 Å². The number of rotatable bonds is 10. The molecule has 0 aliphatic carbocycles. The Morgan fingerprint density at radius 1 is 0.962 bits per heavy atom. The maximum absolute atomic E-state index is 12.5. The number of benzene rings is 2. The molecular formula is C21H25NO4. The molecule has 2 aromatic rings. The molecule has 0 radical (unpaired) electrons. The lowest BCUT2D eigenvalue weighted by Crippen LogP contribution is -2.38. The summed E-state index contributed by atoms with van der Waals surface area (Å²) in [6, 6.07) is 19.6. The van der Waals surface area contributed by atoms with E-state index >= 15 is 0 Å². The molecular weight excluding hydrogens is 330 g/mol. The molecule has 1 N–H and O–H groups in total. The van der Waals surface area contributed by atoms with E-state index in [2.05, 4.69) is 5.32 Å². The molecule has 0 aromatic heterocycles. The highest BCUT2D eigenvalue weighted by Gasteiger charge is 2.20. The van der Waals surface area contributed by atoms with E-state index in [0.29, 0.717) is 19.6 Å². The monoisotopic (exact) mass is 355 g/mol. The Morgan fingerprint density at radius 2 is 1.58 bits per heavy atom. The second-order valence-electron chi connectivity index (χ2n) is 5.91. The zero-order valence-corrected chi connectivity index (χ0v) is 15.0. The molecule has 0 saturated heterocycles. The minimum Gasteiger partial charge on any atom is -0.465 e. The predicted octanol–water partition coefficient (Wildman–Crippen LogP) is 2.74. The summed E-state index contributed by atoms with van der Waals surface area (Å²) in [5.74, 6) is -1.03. The smallest absolute Gasteiger partial charge is 0.325 e. The molecule has 26 heavy (non-hydrogen) atoms. The largest absolute Gasteiger partial charge is 0.465 e. The minimum absolute atomic E-state index is 0.128. The molecule has 0 saturated carbocycles. The van der Waals surface area contributed by atoms with E-state index in [9.17, 15) is 9.59 Å². The summed E-state index contributed by atoms with van der Waals surface area (Å²) in [4.78, 5) is 24.0. The lowest BCUT2D eigenvalue weighted by molar-refractivity contribution is -0.144. The van der Waals surface area contributed by atoms with Gasteiger partial charge in [0.15, 0.2) is 0 Å². The molecule has 0 spiro atoms. The predicted molar refractivity (Wildman–Crippen MR) is 99.4 cm³/mol. The summed E-state index contributed by atoms with van der Waals surface area (Å²) in [6.07, 6.45) is 0.546. The van der Waals surface area contributed by atoms with Crippen LogP contribution in [0.3, 0.4) is 0 Å². The average Bonchev–Trinajstić information content (AvgIpc) is 2.67. The maximum atomic E-state index is 12.5. The lowest BCUT2D eigenvalue weighted by Gasteiger charge is -2.17. The van der Waals surface area contributed by atoms with Crippen molar-refractivity contribution in [1.82, 2.24) is 5.32 Å². The van der Waals surface area contributed by atoms with E-state index in [0.717, 1.165) is 11.1 Å². The highest BCUT2D eigenvalue weighted by Crippen LogP contribution is 2.11. The first-order chi connectivity index (χ1) is 12.7. The van der Waals surface area contributed by atoms with Crippen LogP contribution in [-0.4, -0.2) is 31.6 Å². The zero-order valence-electron chi connectivity index (χ0n) is 15.0. The third kappa shape index (κ3) is 7.07. The van der Waals surface area contributed by atoms with Crippen molar-refractivity contribution in [1.29, 1.82) is 0 Å². The molecule has 0 bridgehead atoms. The fourth-order valence-electron chi connectivity index (χ4n) is 2.53. The molecule has 0 aliphatic heterocycles. The van der Waals surface area contributed by atoms with Crippen LogP contribution in [0, 0.1) is 5.92 Å². The van der Waals surface area contributed by atoms with Crippen LogP contribution in [0.25, 0.3) is 0 Å². The van der Waals surface area contributed by atoms with Gasteiger partial charge >= 0.3 is 5.97 Å². The summed E-state index contributed by atoms with van der Waals surface area (Å²) >= 11 is 0. The topological polar surface area (TPSA) is 64.6 Å². The van der Waals surface area contributed by atoms with E-state index in [1.807, 2.05) is 60.7 Å². The quantitative estimate of drug-likeness (QED) is 0.666. The van der Waals surface area contributed by atoms with Crippen molar-refractivity contribution < 1.29 is 19.1 Å². The van der Waals surface area contributed by atoms with E-state index < -0.39 is 5.97 Å². The van der Waals surface area contributed by atoms with Crippen LogP contribution in [0.15, 0.2) is 60.7 Å². The van der Waals surface area contributed by atoms with Gasteiger partial charge in [0.1, 0.15) is 6.54 Å². The van der Waals surface area contributed by atoms with Gasteiger partial charge in [-0.2, -0.15) is 0 Å². The molecule has 0 unspecified atom stereocenters. The van der Waals surface area contributed by atoms with Crippen molar-refractivity contribution in [3.8, 4) is 0 Å². The van der Waals surface area contributed by atoms with Gasteiger partial charge in [0, 0.05) is 0 Å². The number of esters is 1. The number of nitrogens with one attached hydrogen (secondary N) is 1.